The first kappa shape index (κ1) is 12.3. The molecular formula is C13H17NO2. The van der Waals surface area contributed by atoms with Crippen LogP contribution in [0.4, 0.5) is 0 Å². The van der Waals surface area contributed by atoms with E-state index in [1.165, 1.54) is 0 Å². The third-order valence-electron chi connectivity index (χ3n) is 2.73. The number of carboxylic acid groups (broad SMARTS) is 1. The van der Waals surface area contributed by atoms with Crippen molar-refractivity contribution in [2.75, 3.05) is 14.1 Å². The maximum Gasteiger partial charge on any atom is 0.335 e. The first-order chi connectivity index (χ1) is 7.43. The molecule has 86 valence electrons. The van der Waals surface area contributed by atoms with E-state index in [4.69, 9.17) is 5.11 Å². The second-order valence-electron chi connectivity index (χ2n) is 4.03. The molecule has 0 saturated carbocycles. The van der Waals surface area contributed by atoms with Gasteiger partial charge in [0.05, 0.1) is 5.56 Å². The maximum absolute atomic E-state index is 10.7. The summed E-state index contributed by atoms with van der Waals surface area (Å²) >= 11 is 0. The molecule has 1 rings (SSSR count). The van der Waals surface area contributed by atoms with Gasteiger partial charge in [0.15, 0.2) is 0 Å². The molecule has 1 aromatic rings. The van der Waals surface area contributed by atoms with Crippen LogP contribution in [-0.2, 0) is 0 Å². The standard InChI is InChI=1S/C13H17NO2/c1-9(10(2)14(3)4)11-5-7-12(8-6-11)13(15)16/h5-9H,2H2,1,3-4H3,(H,15,16). The first-order valence-corrected chi connectivity index (χ1v) is 5.13. The monoisotopic (exact) mass is 219 g/mol. The minimum absolute atomic E-state index is 0.192. The highest BCUT2D eigenvalue weighted by molar-refractivity contribution is 5.87. The number of nitrogens with zero attached hydrogens (tertiary/aromatic N) is 1. The molecular weight excluding hydrogens is 202 g/mol. The molecule has 0 spiro atoms. The molecule has 0 aliphatic heterocycles. The highest BCUT2D eigenvalue weighted by atomic mass is 16.4. The van der Waals surface area contributed by atoms with Gasteiger partial charge in [0.25, 0.3) is 0 Å². The number of aromatic carboxylic acids is 1. The van der Waals surface area contributed by atoms with Gasteiger partial charge in [-0.3, -0.25) is 0 Å². The molecule has 1 N–H and O–H groups in total. The number of allylic oxidation sites excluding steroid dienone is 1. The van der Waals surface area contributed by atoms with Crippen LogP contribution < -0.4 is 0 Å². The fraction of sp³-hybridized carbons (Fsp3) is 0.308. The summed E-state index contributed by atoms with van der Waals surface area (Å²) in [6.07, 6.45) is 0. The quantitative estimate of drug-likeness (QED) is 0.846. The van der Waals surface area contributed by atoms with Crippen molar-refractivity contribution in [2.45, 2.75) is 12.8 Å². The topological polar surface area (TPSA) is 40.5 Å². The van der Waals surface area contributed by atoms with Crippen molar-refractivity contribution in [1.82, 2.24) is 4.90 Å². The third-order valence-corrected chi connectivity index (χ3v) is 2.73. The Morgan fingerprint density at radius 2 is 1.81 bits per heavy atom. The van der Waals surface area contributed by atoms with E-state index in [9.17, 15) is 4.79 Å². The predicted octanol–water partition coefficient (Wildman–Crippen LogP) is 2.56. The lowest BCUT2D eigenvalue weighted by molar-refractivity contribution is 0.0697. The fourth-order valence-corrected chi connectivity index (χ4v) is 1.49. The summed E-state index contributed by atoms with van der Waals surface area (Å²) in [7, 11) is 3.90. The summed E-state index contributed by atoms with van der Waals surface area (Å²) in [5.74, 6) is -0.705. The molecule has 0 aromatic heterocycles. The van der Waals surface area contributed by atoms with E-state index in [0.29, 0.717) is 5.56 Å². The van der Waals surface area contributed by atoms with E-state index in [-0.39, 0.29) is 5.92 Å². The number of rotatable bonds is 4. The highest BCUT2D eigenvalue weighted by Gasteiger charge is 2.11. The smallest absolute Gasteiger partial charge is 0.335 e. The molecule has 3 heteroatoms. The summed E-state index contributed by atoms with van der Waals surface area (Å²) in [4.78, 5) is 12.7. The molecule has 1 atom stereocenters. The van der Waals surface area contributed by atoms with Crippen LogP contribution in [-0.4, -0.2) is 30.1 Å². The molecule has 0 amide bonds. The van der Waals surface area contributed by atoms with Gasteiger partial charge in [-0.05, 0) is 17.7 Å². The lowest BCUT2D eigenvalue weighted by atomic mass is 9.97. The average molecular weight is 219 g/mol. The Hall–Kier alpha value is -1.77. The van der Waals surface area contributed by atoms with Gasteiger partial charge in [-0.2, -0.15) is 0 Å². The van der Waals surface area contributed by atoms with Gasteiger partial charge in [-0.25, -0.2) is 4.79 Å². The van der Waals surface area contributed by atoms with Crippen molar-refractivity contribution in [2.24, 2.45) is 0 Å². The molecule has 0 aliphatic rings. The van der Waals surface area contributed by atoms with Gasteiger partial charge in [-0.15, -0.1) is 0 Å². The van der Waals surface area contributed by atoms with Crippen LogP contribution in [0.15, 0.2) is 36.5 Å². The SMILES string of the molecule is C=C(C(C)c1ccc(C(=O)O)cc1)N(C)C. The molecule has 3 nitrogen and oxygen atoms in total. The summed E-state index contributed by atoms with van der Waals surface area (Å²) in [6, 6.07) is 6.92. The van der Waals surface area contributed by atoms with Gasteiger partial charge in [0.2, 0.25) is 0 Å². The average Bonchev–Trinajstić information content (AvgIpc) is 2.27. The number of carbonyl (C=O) groups is 1. The van der Waals surface area contributed by atoms with Crippen molar-refractivity contribution in [3.63, 3.8) is 0 Å². The third kappa shape index (κ3) is 2.63. The van der Waals surface area contributed by atoms with Crippen molar-refractivity contribution >= 4 is 5.97 Å². The summed E-state index contributed by atoms with van der Waals surface area (Å²) in [6.45, 7) is 6.05. The Morgan fingerprint density at radius 3 is 2.19 bits per heavy atom. The summed E-state index contributed by atoms with van der Waals surface area (Å²) in [5.41, 5.74) is 2.39. The van der Waals surface area contributed by atoms with Crippen molar-refractivity contribution in [1.29, 1.82) is 0 Å². The van der Waals surface area contributed by atoms with Gasteiger partial charge < -0.3 is 10.0 Å². The summed E-state index contributed by atoms with van der Waals surface area (Å²) < 4.78 is 0. The summed E-state index contributed by atoms with van der Waals surface area (Å²) in [5, 5.41) is 8.79. The first-order valence-electron chi connectivity index (χ1n) is 5.13. The molecule has 16 heavy (non-hydrogen) atoms. The molecule has 1 aromatic carbocycles. The van der Waals surface area contributed by atoms with Gasteiger partial charge in [-0.1, -0.05) is 25.6 Å². The normalized spacial score (nSPS) is 11.9. The molecule has 0 fully saturated rings. The molecule has 0 bridgehead atoms. The minimum Gasteiger partial charge on any atom is -0.478 e. The molecule has 1 unspecified atom stereocenters. The van der Waals surface area contributed by atoms with Crippen LogP contribution in [0.25, 0.3) is 0 Å². The number of hydrogen-bond acceptors (Lipinski definition) is 2. The Balaban J connectivity index is 2.89. The lowest BCUT2D eigenvalue weighted by Gasteiger charge is -2.22. The van der Waals surface area contributed by atoms with E-state index in [1.807, 2.05) is 31.1 Å². The van der Waals surface area contributed by atoms with E-state index in [0.717, 1.165) is 11.3 Å². The Morgan fingerprint density at radius 1 is 1.31 bits per heavy atom. The zero-order valence-electron chi connectivity index (χ0n) is 9.90. The van der Waals surface area contributed by atoms with Gasteiger partial charge in [0, 0.05) is 25.7 Å². The van der Waals surface area contributed by atoms with Crippen LogP contribution in [0.1, 0.15) is 28.8 Å². The number of carboxylic acids is 1. The van der Waals surface area contributed by atoms with Gasteiger partial charge in [0.1, 0.15) is 0 Å². The van der Waals surface area contributed by atoms with E-state index >= 15 is 0 Å². The molecule has 0 heterocycles. The lowest BCUT2D eigenvalue weighted by Crippen LogP contribution is -2.15. The zero-order valence-corrected chi connectivity index (χ0v) is 9.90. The largest absolute Gasteiger partial charge is 0.478 e. The zero-order chi connectivity index (χ0) is 12.3. The van der Waals surface area contributed by atoms with E-state index in [2.05, 4.69) is 13.5 Å². The van der Waals surface area contributed by atoms with E-state index < -0.39 is 5.97 Å². The van der Waals surface area contributed by atoms with E-state index in [1.54, 1.807) is 12.1 Å². The van der Waals surface area contributed by atoms with Crippen LogP contribution >= 0.6 is 0 Å². The predicted molar refractivity (Wildman–Crippen MR) is 64.6 cm³/mol. The Kier molecular flexibility index (Phi) is 3.72. The highest BCUT2D eigenvalue weighted by Crippen LogP contribution is 2.23. The molecule has 0 radical (unpaired) electrons. The second kappa shape index (κ2) is 4.84. The van der Waals surface area contributed by atoms with Crippen LogP contribution in [0.2, 0.25) is 0 Å². The minimum atomic E-state index is -0.898. The van der Waals surface area contributed by atoms with Crippen LogP contribution in [0, 0.1) is 0 Å². The van der Waals surface area contributed by atoms with Crippen molar-refractivity contribution < 1.29 is 9.90 Å². The number of likely N-dealkylation sites (N-methyl/N-ethyl adjacent to an activating group) is 1. The van der Waals surface area contributed by atoms with Crippen LogP contribution in [0.3, 0.4) is 0 Å². The Bertz CT molecular complexity index is 393. The second-order valence-corrected chi connectivity index (χ2v) is 4.03. The van der Waals surface area contributed by atoms with Gasteiger partial charge >= 0.3 is 5.97 Å². The number of benzene rings is 1. The molecule has 0 saturated heterocycles. The fourth-order valence-electron chi connectivity index (χ4n) is 1.49. The molecule has 0 aliphatic carbocycles. The maximum atomic E-state index is 10.7. The van der Waals surface area contributed by atoms with Crippen LogP contribution in [0.5, 0.6) is 0 Å². The van der Waals surface area contributed by atoms with Crippen molar-refractivity contribution in [3.8, 4) is 0 Å². The van der Waals surface area contributed by atoms with Crippen molar-refractivity contribution in [3.05, 3.63) is 47.7 Å². The Labute approximate surface area is 96.0 Å². The number of hydrogen-bond donors (Lipinski definition) is 1.